The van der Waals surface area contributed by atoms with Crippen molar-refractivity contribution in [2.75, 3.05) is 32.8 Å². The number of carbonyl (C=O) groups is 1. The average molecular weight is 384 g/mol. The molecule has 3 rings (SSSR count). The van der Waals surface area contributed by atoms with E-state index in [1.165, 1.54) is 18.3 Å². The van der Waals surface area contributed by atoms with Crippen LogP contribution in [0.3, 0.4) is 0 Å². The molecule has 0 spiro atoms. The minimum absolute atomic E-state index is 0.0288. The van der Waals surface area contributed by atoms with Crippen molar-refractivity contribution >= 4 is 5.91 Å². The molecule has 0 aliphatic carbocycles. The van der Waals surface area contributed by atoms with E-state index in [-0.39, 0.29) is 11.4 Å². The maximum atomic E-state index is 12.7. The Bertz CT molecular complexity index is 786. The number of amides is 1. The normalized spacial score (nSPS) is 15.8. The Morgan fingerprint density at radius 3 is 2.67 bits per heavy atom. The fourth-order valence-corrected chi connectivity index (χ4v) is 2.81. The SMILES string of the molecule is Cc1cc(CN2CCN(C(=O)c3cccnc3OCC(F)(F)F)CC2)on1. The van der Waals surface area contributed by atoms with E-state index in [1.807, 2.05) is 13.0 Å². The lowest BCUT2D eigenvalue weighted by molar-refractivity contribution is -0.154. The van der Waals surface area contributed by atoms with Gasteiger partial charge in [0.25, 0.3) is 5.91 Å². The molecule has 7 nitrogen and oxygen atoms in total. The average Bonchev–Trinajstić information content (AvgIpc) is 3.04. The molecule has 2 aromatic rings. The van der Waals surface area contributed by atoms with E-state index >= 15 is 0 Å². The number of pyridine rings is 1. The quantitative estimate of drug-likeness (QED) is 0.788. The van der Waals surface area contributed by atoms with E-state index in [9.17, 15) is 18.0 Å². The van der Waals surface area contributed by atoms with Gasteiger partial charge in [-0.2, -0.15) is 13.2 Å². The predicted octanol–water partition coefficient (Wildman–Crippen LogP) is 2.28. The summed E-state index contributed by atoms with van der Waals surface area (Å²) in [7, 11) is 0. The Hall–Kier alpha value is -2.62. The summed E-state index contributed by atoms with van der Waals surface area (Å²) in [6.07, 6.45) is -3.21. The molecular formula is C17H19F3N4O3. The number of aryl methyl sites for hydroxylation is 1. The second-order valence-corrected chi connectivity index (χ2v) is 6.26. The van der Waals surface area contributed by atoms with E-state index < -0.39 is 18.7 Å². The predicted molar refractivity (Wildman–Crippen MR) is 88.2 cm³/mol. The van der Waals surface area contributed by atoms with Crippen LogP contribution in [0.1, 0.15) is 21.8 Å². The van der Waals surface area contributed by atoms with Crippen molar-refractivity contribution in [2.45, 2.75) is 19.6 Å². The van der Waals surface area contributed by atoms with E-state index in [2.05, 4.69) is 15.0 Å². The van der Waals surface area contributed by atoms with Crippen LogP contribution in [0, 0.1) is 6.92 Å². The molecule has 27 heavy (non-hydrogen) atoms. The van der Waals surface area contributed by atoms with Gasteiger partial charge < -0.3 is 14.2 Å². The van der Waals surface area contributed by atoms with Crippen molar-refractivity contribution in [1.29, 1.82) is 0 Å². The fraction of sp³-hybridized carbons (Fsp3) is 0.471. The number of aromatic nitrogens is 2. The fourth-order valence-electron chi connectivity index (χ4n) is 2.81. The molecule has 1 aliphatic rings. The molecule has 1 aliphatic heterocycles. The van der Waals surface area contributed by atoms with Crippen LogP contribution in [0.2, 0.25) is 0 Å². The Kier molecular flexibility index (Phi) is 5.64. The van der Waals surface area contributed by atoms with Gasteiger partial charge in [-0.25, -0.2) is 4.98 Å². The second kappa shape index (κ2) is 7.95. The Morgan fingerprint density at radius 1 is 1.30 bits per heavy atom. The first-order chi connectivity index (χ1) is 12.8. The summed E-state index contributed by atoms with van der Waals surface area (Å²) in [6, 6.07) is 4.78. The summed E-state index contributed by atoms with van der Waals surface area (Å²) in [5.74, 6) is 0.0530. The summed E-state index contributed by atoms with van der Waals surface area (Å²) in [6.45, 7) is 3.06. The van der Waals surface area contributed by atoms with Crippen molar-refractivity contribution < 1.29 is 27.2 Å². The molecule has 0 bridgehead atoms. The molecule has 0 atom stereocenters. The van der Waals surface area contributed by atoms with Crippen molar-refractivity contribution in [3.63, 3.8) is 0 Å². The molecule has 1 fully saturated rings. The van der Waals surface area contributed by atoms with Gasteiger partial charge >= 0.3 is 6.18 Å². The number of nitrogens with zero attached hydrogens (tertiary/aromatic N) is 4. The van der Waals surface area contributed by atoms with Crippen LogP contribution in [0.4, 0.5) is 13.2 Å². The minimum atomic E-state index is -4.50. The summed E-state index contributed by atoms with van der Waals surface area (Å²) in [5.41, 5.74) is 0.836. The van der Waals surface area contributed by atoms with Gasteiger partial charge in [0.2, 0.25) is 5.88 Å². The highest BCUT2D eigenvalue weighted by atomic mass is 19.4. The third-order valence-electron chi connectivity index (χ3n) is 4.09. The van der Waals surface area contributed by atoms with Crippen LogP contribution in [0.5, 0.6) is 5.88 Å². The molecular weight excluding hydrogens is 365 g/mol. The largest absolute Gasteiger partial charge is 0.467 e. The Morgan fingerprint density at radius 2 is 2.04 bits per heavy atom. The monoisotopic (exact) mass is 384 g/mol. The molecule has 0 aromatic carbocycles. The first-order valence-corrected chi connectivity index (χ1v) is 8.40. The summed E-state index contributed by atoms with van der Waals surface area (Å²) in [4.78, 5) is 20.2. The zero-order chi connectivity index (χ0) is 19.4. The number of ether oxygens (including phenoxy) is 1. The number of piperazine rings is 1. The maximum absolute atomic E-state index is 12.7. The van der Waals surface area contributed by atoms with Crippen LogP contribution < -0.4 is 4.74 Å². The molecule has 146 valence electrons. The lowest BCUT2D eigenvalue weighted by Gasteiger charge is -2.34. The first-order valence-electron chi connectivity index (χ1n) is 8.40. The van der Waals surface area contributed by atoms with Gasteiger partial charge in [-0.3, -0.25) is 9.69 Å². The standard InChI is InChI=1S/C17H19F3N4O3/c1-12-9-13(27-22-12)10-23-5-7-24(8-6-23)16(25)14-3-2-4-21-15(14)26-11-17(18,19)20/h2-4,9H,5-8,10-11H2,1H3. The molecule has 0 N–H and O–H groups in total. The van der Waals surface area contributed by atoms with Crippen molar-refractivity contribution in [2.24, 2.45) is 0 Å². The molecule has 0 radical (unpaired) electrons. The van der Waals surface area contributed by atoms with Crippen LogP contribution in [-0.2, 0) is 6.54 Å². The molecule has 2 aromatic heterocycles. The molecule has 3 heterocycles. The van der Waals surface area contributed by atoms with Crippen LogP contribution in [0.15, 0.2) is 28.9 Å². The Balaban J connectivity index is 1.59. The van der Waals surface area contributed by atoms with E-state index in [1.54, 1.807) is 4.90 Å². The highest BCUT2D eigenvalue weighted by Crippen LogP contribution is 2.22. The Labute approximate surface area is 153 Å². The van der Waals surface area contributed by atoms with E-state index in [4.69, 9.17) is 9.26 Å². The third kappa shape index (κ3) is 5.19. The van der Waals surface area contributed by atoms with Crippen molar-refractivity contribution in [3.05, 3.63) is 41.4 Å². The number of carbonyl (C=O) groups excluding carboxylic acids is 1. The number of alkyl halides is 3. The molecule has 1 saturated heterocycles. The minimum Gasteiger partial charge on any atom is -0.467 e. The molecule has 0 saturated carbocycles. The van der Waals surface area contributed by atoms with E-state index in [0.29, 0.717) is 32.7 Å². The topological polar surface area (TPSA) is 71.7 Å². The third-order valence-corrected chi connectivity index (χ3v) is 4.09. The van der Waals surface area contributed by atoms with Crippen LogP contribution >= 0.6 is 0 Å². The first kappa shape index (κ1) is 19.2. The number of halogens is 3. The molecule has 1 amide bonds. The van der Waals surface area contributed by atoms with Gasteiger partial charge in [-0.15, -0.1) is 0 Å². The molecule has 10 heteroatoms. The lowest BCUT2D eigenvalue weighted by Crippen LogP contribution is -2.48. The number of hydrogen-bond acceptors (Lipinski definition) is 6. The highest BCUT2D eigenvalue weighted by Gasteiger charge is 2.31. The number of rotatable bonds is 5. The highest BCUT2D eigenvalue weighted by molar-refractivity contribution is 5.96. The van der Waals surface area contributed by atoms with E-state index in [0.717, 1.165) is 11.5 Å². The summed E-state index contributed by atoms with van der Waals surface area (Å²) >= 11 is 0. The zero-order valence-electron chi connectivity index (χ0n) is 14.7. The van der Waals surface area contributed by atoms with Crippen LogP contribution in [0.25, 0.3) is 0 Å². The van der Waals surface area contributed by atoms with Crippen molar-refractivity contribution in [3.8, 4) is 5.88 Å². The number of hydrogen-bond donors (Lipinski definition) is 0. The smallest absolute Gasteiger partial charge is 0.422 e. The summed E-state index contributed by atoms with van der Waals surface area (Å²) < 4.78 is 47.1. The van der Waals surface area contributed by atoms with Crippen LogP contribution in [-0.4, -0.2) is 64.8 Å². The maximum Gasteiger partial charge on any atom is 0.422 e. The van der Waals surface area contributed by atoms with Crippen molar-refractivity contribution in [1.82, 2.24) is 19.9 Å². The molecule has 0 unspecified atom stereocenters. The summed E-state index contributed by atoms with van der Waals surface area (Å²) in [5, 5.41) is 3.84. The van der Waals surface area contributed by atoms with Gasteiger partial charge in [0, 0.05) is 38.4 Å². The van der Waals surface area contributed by atoms with Gasteiger partial charge in [0.05, 0.1) is 12.2 Å². The van der Waals surface area contributed by atoms with Gasteiger partial charge in [0.15, 0.2) is 12.4 Å². The lowest BCUT2D eigenvalue weighted by atomic mass is 10.2. The second-order valence-electron chi connectivity index (χ2n) is 6.26. The van der Waals surface area contributed by atoms with Gasteiger partial charge in [-0.1, -0.05) is 5.16 Å². The zero-order valence-corrected chi connectivity index (χ0v) is 14.7. The van der Waals surface area contributed by atoms with Gasteiger partial charge in [-0.05, 0) is 19.1 Å². The van der Waals surface area contributed by atoms with Gasteiger partial charge in [0.1, 0.15) is 5.56 Å².